The number of benzene rings is 1. The number of amides is 1. The lowest BCUT2D eigenvalue weighted by molar-refractivity contribution is 0.0629. The second kappa shape index (κ2) is 3.62. The third-order valence-corrected chi connectivity index (χ3v) is 4.14. The molecule has 2 atom stereocenters. The van der Waals surface area contributed by atoms with Crippen molar-refractivity contribution in [3.8, 4) is 0 Å². The van der Waals surface area contributed by atoms with Crippen LogP contribution in [0, 0.1) is 0 Å². The first-order valence-corrected chi connectivity index (χ1v) is 6.15. The van der Waals surface area contributed by atoms with Crippen LogP contribution in [0.4, 0.5) is 0 Å². The summed E-state index contributed by atoms with van der Waals surface area (Å²) in [6, 6.07) is 8.58. The van der Waals surface area contributed by atoms with Crippen molar-refractivity contribution in [1.82, 2.24) is 4.90 Å². The average molecular weight is 215 g/mol. The number of carbonyl (C=O) groups excluding carboxylic acids is 1. The van der Waals surface area contributed by atoms with Gasteiger partial charge < -0.3 is 4.90 Å². The van der Waals surface area contributed by atoms with Crippen LogP contribution in [0.2, 0.25) is 0 Å². The van der Waals surface area contributed by atoms with E-state index in [0.717, 1.165) is 5.56 Å². The lowest BCUT2D eigenvalue weighted by Gasteiger charge is -2.43. The molecule has 0 unspecified atom stereocenters. The molecule has 1 aromatic rings. The fraction of sp³-hybridized carbons (Fsp3) is 0.500. The van der Waals surface area contributed by atoms with E-state index >= 15 is 0 Å². The van der Waals surface area contributed by atoms with Gasteiger partial charge in [-0.15, -0.1) is 0 Å². The zero-order valence-corrected chi connectivity index (χ0v) is 9.65. The van der Waals surface area contributed by atoms with E-state index < -0.39 is 0 Å². The normalized spacial score (nSPS) is 28.6. The second-order valence-corrected chi connectivity index (χ2v) is 4.96. The molecule has 3 rings (SSSR count). The highest BCUT2D eigenvalue weighted by molar-refractivity contribution is 5.97. The molecule has 0 spiro atoms. The van der Waals surface area contributed by atoms with E-state index in [9.17, 15) is 4.79 Å². The number of rotatable bonds is 0. The second-order valence-electron chi connectivity index (χ2n) is 4.96. The highest BCUT2D eigenvalue weighted by Gasteiger charge is 2.38. The van der Waals surface area contributed by atoms with Gasteiger partial charge in [0.25, 0.3) is 5.91 Å². The van der Waals surface area contributed by atoms with E-state index in [4.69, 9.17) is 0 Å². The molecule has 1 fully saturated rings. The highest BCUT2D eigenvalue weighted by Crippen LogP contribution is 2.41. The minimum Gasteiger partial charge on any atom is -0.338 e. The molecule has 1 amide bonds. The standard InChI is InChI=1S/C14H17NO/c1-15-13-9-5-4-7-11(13)10-6-2-3-8-12(10)14(15)16/h2-3,6,8,11,13H,4-5,7,9H2,1H3/t11-,13+/m1/s1. The molecular weight excluding hydrogens is 198 g/mol. The van der Waals surface area contributed by atoms with Crippen molar-refractivity contribution >= 4 is 5.91 Å². The van der Waals surface area contributed by atoms with Gasteiger partial charge in [0.15, 0.2) is 0 Å². The Bertz CT molecular complexity index is 426. The number of likely N-dealkylation sites (N-methyl/N-ethyl adjacent to an activating group) is 1. The van der Waals surface area contributed by atoms with Crippen molar-refractivity contribution in [3.05, 3.63) is 35.4 Å². The summed E-state index contributed by atoms with van der Waals surface area (Å²) in [6.45, 7) is 0. The Balaban J connectivity index is 2.11. The summed E-state index contributed by atoms with van der Waals surface area (Å²) in [4.78, 5) is 14.2. The molecule has 0 radical (unpaired) electrons. The number of fused-ring (bicyclic) bond motifs is 3. The molecular formula is C14H17NO. The average Bonchev–Trinajstić information content (AvgIpc) is 2.36. The predicted molar refractivity (Wildman–Crippen MR) is 63.5 cm³/mol. The molecule has 1 heterocycles. The van der Waals surface area contributed by atoms with Crippen molar-refractivity contribution in [2.75, 3.05) is 7.05 Å². The third kappa shape index (κ3) is 1.29. The van der Waals surface area contributed by atoms with Gasteiger partial charge in [-0.1, -0.05) is 31.0 Å². The number of hydrogen-bond donors (Lipinski definition) is 0. The molecule has 0 aromatic heterocycles. The largest absolute Gasteiger partial charge is 0.338 e. The van der Waals surface area contributed by atoms with Gasteiger partial charge in [0.1, 0.15) is 0 Å². The molecule has 0 N–H and O–H groups in total. The van der Waals surface area contributed by atoms with Crippen molar-refractivity contribution in [2.45, 2.75) is 37.6 Å². The monoisotopic (exact) mass is 215 g/mol. The molecule has 1 aliphatic heterocycles. The summed E-state index contributed by atoms with van der Waals surface area (Å²) in [5, 5.41) is 0. The first kappa shape index (κ1) is 9.88. The van der Waals surface area contributed by atoms with Crippen LogP contribution < -0.4 is 0 Å². The van der Waals surface area contributed by atoms with Gasteiger partial charge >= 0.3 is 0 Å². The van der Waals surface area contributed by atoms with E-state index in [1.54, 1.807) is 0 Å². The fourth-order valence-corrected chi connectivity index (χ4v) is 3.29. The van der Waals surface area contributed by atoms with Crippen molar-refractivity contribution < 1.29 is 4.79 Å². The number of carbonyl (C=O) groups is 1. The smallest absolute Gasteiger partial charge is 0.254 e. The molecule has 1 aromatic carbocycles. The zero-order chi connectivity index (χ0) is 11.1. The van der Waals surface area contributed by atoms with Gasteiger partial charge in [0, 0.05) is 24.6 Å². The summed E-state index contributed by atoms with van der Waals surface area (Å²) in [5.74, 6) is 0.784. The topological polar surface area (TPSA) is 20.3 Å². The van der Waals surface area contributed by atoms with Crippen molar-refractivity contribution in [1.29, 1.82) is 0 Å². The molecule has 1 aliphatic carbocycles. The third-order valence-electron chi connectivity index (χ3n) is 4.14. The van der Waals surface area contributed by atoms with Crippen LogP contribution in [-0.2, 0) is 0 Å². The van der Waals surface area contributed by atoms with Crippen LogP contribution in [0.25, 0.3) is 0 Å². The van der Waals surface area contributed by atoms with Crippen LogP contribution >= 0.6 is 0 Å². The van der Waals surface area contributed by atoms with Gasteiger partial charge in [-0.25, -0.2) is 0 Å². The van der Waals surface area contributed by atoms with Gasteiger partial charge in [0.2, 0.25) is 0 Å². The van der Waals surface area contributed by atoms with Gasteiger partial charge in [-0.3, -0.25) is 4.79 Å². The van der Waals surface area contributed by atoms with Gasteiger partial charge in [0.05, 0.1) is 0 Å². The van der Waals surface area contributed by atoms with Crippen LogP contribution in [0.15, 0.2) is 24.3 Å². The molecule has 2 heteroatoms. The van der Waals surface area contributed by atoms with E-state index in [0.29, 0.717) is 12.0 Å². The van der Waals surface area contributed by atoms with Crippen LogP contribution in [0.1, 0.15) is 47.5 Å². The molecule has 16 heavy (non-hydrogen) atoms. The van der Waals surface area contributed by atoms with Crippen molar-refractivity contribution in [3.63, 3.8) is 0 Å². The molecule has 84 valence electrons. The Kier molecular flexibility index (Phi) is 2.23. The lowest BCUT2D eigenvalue weighted by Crippen LogP contribution is -2.46. The van der Waals surface area contributed by atoms with Gasteiger partial charge in [-0.2, -0.15) is 0 Å². The minimum absolute atomic E-state index is 0.207. The van der Waals surface area contributed by atoms with E-state index in [-0.39, 0.29) is 5.91 Å². The Morgan fingerprint density at radius 3 is 2.81 bits per heavy atom. The molecule has 0 bridgehead atoms. The highest BCUT2D eigenvalue weighted by atomic mass is 16.2. The number of hydrogen-bond acceptors (Lipinski definition) is 1. The van der Waals surface area contributed by atoms with Gasteiger partial charge in [-0.05, 0) is 24.5 Å². The summed E-state index contributed by atoms with van der Waals surface area (Å²) in [5.41, 5.74) is 2.21. The van der Waals surface area contributed by atoms with E-state index in [1.165, 1.54) is 31.2 Å². The summed E-state index contributed by atoms with van der Waals surface area (Å²) in [6.07, 6.45) is 4.97. The Labute approximate surface area is 96.3 Å². The van der Waals surface area contributed by atoms with E-state index in [2.05, 4.69) is 12.1 Å². The zero-order valence-electron chi connectivity index (χ0n) is 9.65. The summed E-state index contributed by atoms with van der Waals surface area (Å²) >= 11 is 0. The van der Waals surface area contributed by atoms with E-state index in [1.807, 2.05) is 24.1 Å². The summed E-state index contributed by atoms with van der Waals surface area (Å²) < 4.78 is 0. The Morgan fingerprint density at radius 2 is 1.94 bits per heavy atom. The predicted octanol–water partition coefficient (Wildman–Crippen LogP) is 2.80. The van der Waals surface area contributed by atoms with Crippen LogP contribution in [-0.4, -0.2) is 23.9 Å². The molecule has 2 aliphatic rings. The van der Waals surface area contributed by atoms with Crippen LogP contribution in [0.3, 0.4) is 0 Å². The molecule has 2 nitrogen and oxygen atoms in total. The molecule has 1 saturated carbocycles. The molecule has 0 saturated heterocycles. The number of nitrogens with zero attached hydrogens (tertiary/aromatic N) is 1. The lowest BCUT2D eigenvalue weighted by atomic mass is 9.75. The first-order valence-electron chi connectivity index (χ1n) is 6.15. The maximum Gasteiger partial charge on any atom is 0.254 e. The van der Waals surface area contributed by atoms with Crippen molar-refractivity contribution in [2.24, 2.45) is 0 Å². The minimum atomic E-state index is 0.207. The maximum atomic E-state index is 12.2. The Morgan fingerprint density at radius 1 is 1.19 bits per heavy atom. The first-order chi connectivity index (χ1) is 7.79. The Hall–Kier alpha value is -1.31. The summed E-state index contributed by atoms with van der Waals surface area (Å²) in [7, 11) is 1.96. The fourth-order valence-electron chi connectivity index (χ4n) is 3.29. The SMILES string of the molecule is CN1C(=O)c2ccccc2[C@H]2CCCC[C@@H]21. The van der Waals surface area contributed by atoms with Crippen LogP contribution in [0.5, 0.6) is 0 Å². The maximum absolute atomic E-state index is 12.2. The quantitative estimate of drug-likeness (QED) is 0.651.